The lowest BCUT2D eigenvalue weighted by Crippen LogP contribution is -2.54. The van der Waals surface area contributed by atoms with E-state index in [1.165, 1.54) is 22.7 Å². The van der Waals surface area contributed by atoms with Gasteiger partial charge in [-0.1, -0.05) is 0 Å². The van der Waals surface area contributed by atoms with Gasteiger partial charge in [0.15, 0.2) is 0 Å². The Hall–Kier alpha value is -1.89. The van der Waals surface area contributed by atoms with E-state index >= 15 is 0 Å². The van der Waals surface area contributed by atoms with Crippen molar-refractivity contribution in [2.45, 2.75) is 31.8 Å². The molecule has 0 bridgehead atoms. The third-order valence-corrected chi connectivity index (χ3v) is 4.16. The van der Waals surface area contributed by atoms with Crippen LogP contribution in [-0.2, 0) is 25.4 Å². The Balaban J connectivity index is 2.24. The maximum absolute atomic E-state index is 12.4. The number of hydrogen-bond acceptors (Lipinski definition) is 4. The molecule has 1 aromatic heterocycles. The molecular formula is C14H22N4O3. The van der Waals surface area contributed by atoms with Gasteiger partial charge in [0.1, 0.15) is 0 Å². The highest BCUT2D eigenvalue weighted by Crippen LogP contribution is 2.38. The minimum atomic E-state index is -0.888. The molecule has 1 aliphatic carbocycles. The van der Waals surface area contributed by atoms with E-state index in [1.807, 2.05) is 0 Å². The number of aryl methyl sites for hydroxylation is 1. The van der Waals surface area contributed by atoms with E-state index in [0.717, 1.165) is 17.4 Å². The van der Waals surface area contributed by atoms with Gasteiger partial charge < -0.3 is 15.2 Å². The predicted octanol–water partition coefficient (Wildman–Crippen LogP) is -0.830. The minimum Gasteiger partial charge on any atom is -0.340 e. The molecule has 0 aromatic carbocycles. The summed E-state index contributed by atoms with van der Waals surface area (Å²) in [5.41, 5.74) is 4.84. The molecule has 1 saturated carbocycles. The van der Waals surface area contributed by atoms with Crippen molar-refractivity contribution in [3.05, 3.63) is 32.6 Å². The quantitative estimate of drug-likeness (QED) is 0.785. The van der Waals surface area contributed by atoms with Crippen LogP contribution in [0.1, 0.15) is 25.3 Å². The van der Waals surface area contributed by atoms with Crippen molar-refractivity contribution in [3.63, 3.8) is 0 Å². The van der Waals surface area contributed by atoms with Crippen molar-refractivity contribution < 1.29 is 4.79 Å². The molecular weight excluding hydrogens is 272 g/mol. The summed E-state index contributed by atoms with van der Waals surface area (Å²) in [5.74, 6) is 0.0383. The van der Waals surface area contributed by atoms with E-state index in [0.29, 0.717) is 5.56 Å². The van der Waals surface area contributed by atoms with E-state index in [2.05, 4.69) is 0 Å². The first-order chi connectivity index (χ1) is 9.66. The van der Waals surface area contributed by atoms with Crippen molar-refractivity contribution in [1.82, 2.24) is 14.0 Å². The average Bonchev–Trinajstić information content (AvgIpc) is 3.26. The van der Waals surface area contributed by atoms with Crippen molar-refractivity contribution in [3.8, 4) is 0 Å². The van der Waals surface area contributed by atoms with E-state index in [-0.39, 0.29) is 29.6 Å². The number of nitrogens with zero attached hydrogens (tertiary/aromatic N) is 3. The topological polar surface area (TPSA) is 90.3 Å². The van der Waals surface area contributed by atoms with Crippen LogP contribution >= 0.6 is 0 Å². The summed E-state index contributed by atoms with van der Waals surface area (Å²) in [5, 5.41) is 0. The van der Waals surface area contributed by atoms with E-state index in [9.17, 15) is 14.4 Å². The number of likely N-dealkylation sites (N-methyl/N-ethyl adjacent to an activating group) is 1. The summed E-state index contributed by atoms with van der Waals surface area (Å²) in [7, 11) is 4.62. The smallest absolute Gasteiger partial charge is 0.330 e. The number of amides is 1. The number of carbonyl (C=O) groups excluding carboxylic acids is 1. The predicted molar refractivity (Wildman–Crippen MR) is 78.7 cm³/mol. The highest BCUT2D eigenvalue weighted by Gasteiger charge is 2.45. The van der Waals surface area contributed by atoms with Crippen LogP contribution < -0.4 is 17.0 Å². The Labute approximate surface area is 123 Å². The summed E-state index contributed by atoms with van der Waals surface area (Å²) in [4.78, 5) is 37.6. The second-order valence-corrected chi connectivity index (χ2v) is 6.13. The van der Waals surface area contributed by atoms with Crippen LogP contribution in [0.15, 0.2) is 15.8 Å². The van der Waals surface area contributed by atoms with Gasteiger partial charge in [-0.25, -0.2) is 4.79 Å². The van der Waals surface area contributed by atoms with Gasteiger partial charge in [0.05, 0.1) is 17.6 Å². The zero-order valence-electron chi connectivity index (χ0n) is 12.9. The first-order valence-corrected chi connectivity index (χ1v) is 6.96. The van der Waals surface area contributed by atoms with Gasteiger partial charge >= 0.3 is 5.69 Å². The van der Waals surface area contributed by atoms with Crippen LogP contribution in [0.25, 0.3) is 0 Å². The van der Waals surface area contributed by atoms with E-state index in [1.54, 1.807) is 21.0 Å². The summed E-state index contributed by atoms with van der Waals surface area (Å²) in [6.07, 6.45) is 3.40. The Morgan fingerprint density at radius 3 is 2.52 bits per heavy atom. The number of rotatable bonds is 4. The second kappa shape index (κ2) is 5.14. The molecule has 7 heteroatoms. The maximum Gasteiger partial charge on any atom is 0.330 e. The molecule has 1 aromatic rings. The van der Waals surface area contributed by atoms with Gasteiger partial charge in [0.2, 0.25) is 5.91 Å². The van der Waals surface area contributed by atoms with Crippen molar-refractivity contribution in [2.24, 2.45) is 25.7 Å². The van der Waals surface area contributed by atoms with Gasteiger partial charge in [0.25, 0.3) is 5.56 Å². The molecule has 0 saturated heterocycles. The molecule has 1 atom stereocenters. The van der Waals surface area contributed by atoms with Crippen molar-refractivity contribution in [2.75, 3.05) is 7.05 Å². The molecule has 0 radical (unpaired) electrons. The maximum atomic E-state index is 12.4. The Morgan fingerprint density at radius 1 is 1.43 bits per heavy atom. The molecule has 1 unspecified atom stereocenters. The zero-order valence-corrected chi connectivity index (χ0v) is 12.9. The molecule has 0 aliphatic heterocycles. The lowest BCUT2D eigenvalue weighted by Gasteiger charge is -2.29. The molecule has 1 aliphatic rings. The van der Waals surface area contributed by atoms with Crippen molar-refractivity contribution >= 4 is 5.91 Å². The minimum absolute atomic E-state index is 0.138. The molecule has 0 spiro atoms. The lowest BCUT2D eigenvalue weighted by molar-refractivity contribution is -0.136. The van der Waals surface area contributed by atoms with Gasteiger partial charge in [-0.05, 0) is 25.7 Å². The van der Waals surface area contributed by atoms with Crippen LogP contribution in [0.2, 0.25) is 0 Å². The molecule has 2 N–H and O–H groups in total. The fraction of sp³-hybridized carbons (Fsp3) is 0.643. The molecule has 2 rings (SSSR count). The second-order valence-electron chi connectivity index (χ2n) is 6.13. The van der Waals surface area contributed by atoms with E-state index < -0.39 is 5.54 Å². The summed E-state index contributed by atoms with van der Waals surface area (Å²) in [6.45, 7) is 1.88. The summed E-state index contributed by atoms with van der Waals surface area (Å²) >= 11 is 0. The molecule has 7 nitrogen and oxygen atoms in total. The fourth-order valence-corrected chi connectivity index (χ4v) is 2.59. The normalized spacial score (nSPS) is 17.4. The van der Waals surface area contributed by atoms with Crippen LogP contribution in [0.5, 0.6) is 0 Å². The van der Waals surface area contributed by atoms with Gasteiger partial charge in [-0.2, -0.15) is 0 Å². The monoisotopic (exact) mass is 294 g/mol. The molecule has 21 heavy (non-hydrogen) atoms. The van der Waals surface area contributed by atoms with Crippen LogP contribution in [0.3, 0.4) is 0 Å². The number of aromatic nitrogens is 2. The lowest BCUT2D eigenvalue weighted by atomic mass is 9.95. The molecule has 1 fully saturated rings. The van der Waals surface area contributed by atoms with Gasteiger partial charge in [-0.15, -0.1) is 0 Å². The Bertz CT molecular complexity index is 682. The first kappa shape index (κ1) is 15.5. The van der Waals surface area contributed by atoms with Crippen LogP contribution in [0, 0.1) is 5.92 Å². The third kappa shape index (κ3) is 2.78. The first-order valence-electron chi connectivity index (χ1n) is 6.96. The highest BCUT2D eigenvalue weighted by molar-refractivity contribution is 5.86. The molecule has 1 amide bonds. The number of carbonyl (C=O) groups is 1. The van der Waals surface area contributed by atoms with Crippen molar-refractivity contribution in [1.29, 1.82) is 0 Å². The van der Waals surface area contributed by atoms with Gasteiger partial charge in [-0.3, -0.25) is 14.2 Å². The highest BCUT2D eigenvalue weighted by atomic mass is 16.2. The van der Waals surface area contributed by atoms with Gasteiger partial charge in [0, 0.05) is 27.3 Å². The van der Waals surface area contributed by atoms with Crippen LogP contribution in [-0.4, -0.2) is 32.5 Å². The van der Waals surface area contributed by atoms with E-state index in [4.69, 9.17) is 5.73 Å². The Kier molecular flexibility index (Phi) is 3.79. The number of hydrogen-bond donors (Lipinski definition) is 1. The van der Waals surface area contributed by atoms with Crippen LogP contribution in [0.4, 0.5) is 0 Å². The molecule has 1 heterocycles. The summed E-state index contributed by atoms with van der Waals surface area (Å²) < 4.78 is 2.37. The zero-order chi connectivity index (χ0) is 15.9. The largest absolute Gasteiger partial charge is 0.340 e. The number of nitrogens with two attached hydrogens (primary N) is 1. The third-order valence-electron chi connectivity index (χ3n) is 4.16. The molecule has 116 valence electrons. The average molecular weight is 294 g/mol. The fourth-order valence-electron chi connectivity index (χ4n) is 2.59. The Morgan fingerprint density at radius 2 is 2.00 bits per heavy atom. The SMILES string of the molecule is CN(Cc1cn(C)c(=O)n(C)c1=O)C(=O)C(C)(N)C1CC1. The standard InChI is InChI=1S/C14H22N4O3/c1-14(15,10-5-6-10)12(20)16(2)7-9-8-17(3)13(21)18(4)11(9)19/h8,10H,5-7,15H2,1-4H3. The summed E-state index contributed by atoms with van der Waals surface area (Å²) in [6, 6.07) is 0.